The summed E-state index contributed by atoms with van der Waals surface area (Å²) in [6.45, 7) is 2.58. The summed E-state index contributed by atoms with van der Waals surface area (Å²) in [6.07, 6.45) is -3.67. The van der Waals surface area contributed by atoms with Crippen molar-refractivity contribution in [3.63, 3.8) is 0 Å². The normalized spacial score (nSPS) is 22.4. The first kappa shape index (κ1) is 25.6. The van der Waals surface area contributed by atoms with Gasteiger partial charge < -0.3 is 19.8 Å². The minimum absolute atomic E-state index is 0.0952. The predicted octanol–water partition coefficient (Wildman–Crippen LogP) is 5.86. The van der Waals surface area contributed by atoms with Crippen molar-refractivity contribution in [2.24, 2.45) is 11.1 Å². The zero-order valence-corrected chi connectivity index (χ0v) is 21.1. The van der Waals surface area contributed by atoms with Crippen molar-refractivity contribution >= 4 is 46.3 Å². The second kappa shape index (κ2) is 9.66. The lowest BCUT2D eigenvalue weighted by Gasteiger charge is -2.30. The molecule has 6 nitrogen and oxygen atoms in total. The topological polar surface area (TPSA) is 63.2 Å². The Bertz CT molecular complexity index is 1170. The second-order valence-electron chi connectivity index (χ2n) is 9.04. The van der Waals surface area contributed by atoms with Gasteiger partial charge in [-0.1, -0.05) is 28.4 Å². The Hall–Kier alpha value is -2.08. The van der Waals surface area contributed by atoms with E-state index in [-0.39, 0.29) is 11.7 Å². The number of alkyl halides is 3. The molecular formula is C23H21Cl2F4N3O3S. The van der Waals surface area contributed by atoms with Gasteiger partial charge in [-0.15, -0.1) is 11.3 Å². The van der Waals surface area contributed by atoms with Gasteiger partial charge >= 0.3 is 6.18 Å². The molecule has 0 radical (unpaired) electrons. The van der Waals surface area contributed by atoms with Crippen LogP contribution in [0.4, 0.5) is 17.6 Å². The predicted molar refractivity (Wildman–Crippen MR) is 127 cm³/mol. The Morgan fingerprint density at radius 1 is 1.19 bits per heavy atom. The Morgan fingerprint density at radius 3 is 2.53 bits per heavy atom. The van der Waals surface area contributed by atoms with E-state index >= 15 is 0 Å². The highest BCUT2D eigenvalue weighted by Gasteiger charge is 2.63. The standard InChI is InChI=1S/C23H21Cl2F4N3O3S/c24-15-6-14(7-16(25)20(15)26)22(23(27,28)29)8-19(31-35-22)32-10-13-5-17(36-18(13)11-32)21(33)30-9-12-1-3-34-4-2-12/h5-7,12H,1-4,8-11H2,(H,30,33). The number of rotatable bonds is 4. The molecule has 1 atom stereocenters. The molecule has 0 spiro atoms. The van der Waals surface area contributed by atoms with Crippen LogP contribution in [0.5, 0.6) is 0 Å². The van der Waals surface area contributed by atoms with E-state index in [9.17, 15) is 22.4 Å². The Labute approximate surface area is 218 Å². The molecule has 194 valence electrons. The maximum atomic E-state index is 14.2. The van der Waals surface area contributed by atoms with E-state index in [0.717, 1.165) is 35.4 Å². The number of amidine groups is 1. The highest BCUT2D eigenvalue weighted by molar-refractivity contribution is 7.14. The van der Waals surface area contributed by atoms with E-state index in [2.05, 4.69) is 10.5 Å². The molecular weight excluding hydrogens is 545 g/mol. The number of nitrogens with one attached hydrogen (secondary N) is 1. The summed E-state index contributed by atoms with van der Waals surface area (Å²) in [5, 5.41) is 5.65. The summed E-state index contributed by atoms with van der Waals surface area (Å²) in [5.41, 5.74) is -2.41. The van der Waals surface area contributed by atoms with E-state index in [1.165, 1.54) is 11.3 Å². The van der Waals surface area contributed by atoms with Crippen molar-refractivity contribution in [3.05, 3.63) is 54.9 Å². The fraction of sp³-hybridized carbons (Fsp3) is 0.478. The molecule has 4 heterocycles. The van der Waals surface area contributed by atoms with Crippen LogP contribution in [-0.4, -0.2) is 42.6 Å². The third-order valence-electron chi connectivity index (χ3n) is 6.70. The minimum Gasteiger partial charge on any atom is -0.381 e. The van der Waals surface area contributed by atoms with Crippen molar-refractivity contribution in [2.45, 2.75) is 44.1 Å². The van der Waals surface area contributed by atoms with Gasteiger partial charge in [-0.3, -0.25) is 4.79 Å². The second-order valence-corrected chi connectivity index (χ2v) is 11.0. The molecule has 36 heavy (non-hydrogen) atoms. The molecule has 0 bridgehead atoms. The lowest BCUT2D eigenvalue weighted by atomic mass is 9.89. The molecule has 2 aromatic rings. The van der Waals surface area contributed by atoms with Crippen molar-refractivity contribution in [1.29, 1.82) is 0 Å². The zero-order chi connectivity index (χ0) is 25.7. The van der Waals surface area contributed by atoms with Gasteiger partial charge in [0.25, 0.3) is 11.5 Å². The number of benzene rings is 1. The van der Waals surface area contributed by atoms with Crippen LogP contribution in [0.2, 0.25) is 10.0 Å². The van der Waals surface area contributed by atoms with Gasteiger partial charge in [0.1, 0.15) is 5.84 Å². The summed E-state index contributed by atoms with van der Waals surface area (Å²) in [5.74, 6) is -0.673. The first-order valence-electron chi connectivity index (χ1n) is 11.3. The van der Waals surface area contributed by atoms with Crippen LogP contribution < -0.4 is 5.32 Å². The van der Waals surface area contributed by atoms with E-state index in [1.54, 1.807) is 11.0 Å². The number of nitrogens with zero attached hydrogens (tertiary/aromatic N) is 2. The summed E-state index contributed by atoms with van der Waals surface area (Å²) < 4.78 is 61.9. The molecule has 0 saturated carbocycles. The number of oxime groups is 1. The summed E-state index contributed by atoms with van der Waals surface area (Å²) in [6, 6.07) is 3.49. The van der Waals surface area contributed by atoms with Crippen LogP contribution in [-0.2, 0) is 28.3 Å². The molecule has 1 aromatic carbocycles. The van der Waals surface area contributed by atoms with Gasteiger partial charge in [0.2, 0.25) is 0 Å². The molecule has 1 N–H and O–H groups in total. The first-order chi connectivity index (χ1) is 17.1. The van der Waals surface area contributed by atoms with Crippen LogP contribution in [0, 0.1) is 11.7 Å². The first-order valence-corrected chi connectivity index (χ1v) is 12.8. The third-order valence-corrected chi connectivity index (χ3v) is 8.41. The summed E-state index contributed by atoms with van der Waals surface area (Å²) in [7, 11) is 0. The molecule has 1 saturated heterocycles. The van der Waals surface area contributed by atoms with Gasteiger partial charge in [0.05, 0.1) is 27.9 Å². The average Bonchev–Trinajstić information content (AvgIpc) is 3.54. The van der Waals surface area contributed by atoms with E-state index in [0.29, 0.717) is 43.6 Å². The van der Waals surface area contributed by atoms with Crippen LogP contribution in [0.3, 0.4) is 0 Å². The maximum absolute atomic E-state index is 14.2. The quantitative estimate of drug-likeness (QED) is 0.372. The van der Waals surface area contributed by atoms with E-state index in [4.69, 9.17) is 32.8 Å². The fourth-order valence-corrected chi connectivity index (χ4v) is 6.18. The highest BCUT2D eigenvalue weighted by Crippen LogP contribution is 2.50. The van der Waals surface area contributed by atoms with Crippen molar-refractivity contribution in [2.75, 3.05) is 19.8 Å². The molecule has 1 fully saturated rings. The molecule has 3 aliphatic rings. The van der Waals surface area contributed by atoms with Gasteiger partial charge in [-0.25, -0.2) is 4.39 Å². The summed E-state index contributed by atoms with van der Waals surface area (Å²) >= 11 is 12.8. The van der Waals surface area contributed by atoms with E-state index in [1.807, 2.05) is 0 Å². The van der Waals surface area contributed by atoms with Crippen LogP contribution in [0.15, 0.2) is 23.4 Å². The van der Waals surface area contributed by atoms with Gasteiger partial charge in [0, 0.05) is 36.7 Å². The van der Waals surface area contributed by atoms with Gasteiger partial charge in [-0.2, -0.15) is 13.2 Å². The highest BCUT2D eigenvalue weighted by atomic mass is 35.5. The molecule has 13 heteroatoms. The molecule has 1 amide bonds. The number of hydrogen-bond acceptors (Lipinski definition) is 6. The number of hydrogen-bond donors (Lipinski definition) is 1. The van der Waals surface area contributed by atoms with Crippen LogP contribution in [0.1, 0.15) is 44.9 Å². The number of thiophene rings is 1. The molecule has 0 aliphatic carbocycles. The van der Waals surface area contributed by atoms with Crippen molar-refractivity contribution < 1.29 is 31.9 Å². The molecule has 3 aliphatic heterocycles. The number of amides is 1. The Morgan fingerprint density at radius 2 is 1.89 bits per heavy atom. The number of fused-ring (bicyclic) bond motifs is 1. The molecule has 1 unspecified atom stereocenters. The van der Waals surface area contributed by atoms with Gasteiger partial charge in [0.15, 0.2) is 5.82 Å². The monoisotopic (exact) mass is 565 g/mol. The largest absolute Gasteiger partial charge is 0.435 e. The summed E-state index contributed by atoms with van der Waals surface area (Å²) in [4.78, 5) is 20.7. The lowest BCUT2D eigenvalue weighted by molar-refractivity contribution is -0.275. The fourth-order valence-electron chi connectivity index (χ4n) is 4.58. The smallest absolute Gasteiger partial charge is 0.381 e. The van der Waals surface area contributed by atoms with Crippen molar-refractivity contribution in [3.8, 4) is 0 Å². The molecule has 5 rings (SSSR count). The number of carbonyl (C=O) groups is 1. The number of halogens is 6. The van der Waals surface area contributed by atoms with E-state index < -0.39 is 39.6 Å². The van der Waals surface area contributed by atoms with Crippen LogP contribution in [0.25, 0.3) is 0 Å². The third kappa shape index (κ3) is 4.66. The molecule has 1 aromatic heterocycles. The lowest BCUT2D eigenvalue weighted by Crippen LogP contribution is -2.44. The number of ether oxygens (including phenoxy) is 1. The minimum atomic E-state index is -4.87. The SMILES string of the molecule is O=C(NCC1CCOCC1)c1cc2c(s1)CN(C1=NOC(c3cc(Cl)c(F)c(Cl)c3)(C(F)(F)F)C1)C2. The Kier molecular flexibility index (Phi) is 6.86. The number of carbonyl (C=O) groups excluding carboxylic acids is 1. The maximum Gasteiger partial charge on any atom is 0.435 e. The zero-order valence-electron chi connectivity index (χ0n) is 18.8. The van der Waals surface area contributed by atoms with Gasteiger partial charge in [-0.05, 0) is 42.5 Å². The van der Waals surface area contributed by atoms with Crippen molar-refractivity contribution in [1.82, 2.24) is 10.2 Å². The average molecular weight is 566 g/mol. The van der Waals surface area contributed by atoms with Crippen LogP contribution >= 0.6 is 34.5 Å². The Balaban J connectivity index is 1.26.